The molecule has 0 aliphatic carbocycles. The third-order valence-electron chi connectivity index (χ3n) is 1.48. The Hall–Kier alpha value is -1.17. The van der Waals surface area contributed by atoms with Crippen molar-refractivity contribution >= 4 is 0 Å². The van der Waals surface area contributed by atoms with E-state index >= 15 is 0 Å². The van der Waals surface area contributed by atoms with Crippen LogP contribution in [0.3, 0.4) is 0 Å². The number of nitrogens with zero attached hydrogens (tertiary/aromatic N) is 2. The second-order valence-electron chi connectivity index (χ2n) is 2.46. The number of aromatic nitrogens is 2. The molecule has 0 saturated carbocycles. The summed E-state index contributed by atoms with van der Waals surface area (Å²) in [5.74, 6) is -1.08. The fourth-order valence-corrected chi connectivity index (χ4v) is 0.664. The van der Waals surface area contributed by atoms with Gasteiger partial charge in [0.1, 0.15) is 0 Å². The first-order valence-corrected chi connectivity index (χ1v) is 3.28. The van der Waals surface area contributed by atoms with Gasteiger partial charge in [0.2, 0.25) is 5.82 Å². The Bertz CT molecular complexity index is 296. The molecule has 0 bridgehead atoms. The van der Waals surface area contributed by atoms with Crippen molar-refractivity contribution in [3.63, 3.8) is 0 Å². The summed E-state index contributed by atoms with van der Waals surface area (Å²) in [4.78, 5) is 6.48. The summed E-state index contributed by atoms with van der Waals surface area (Å²) in [6.07, 6.45) is -3.27. The largest absolute Gasteiger partial charge is 0.451 e. The van der Waals surface area contributed by atoms with Gasteiger partial charge >= 0.3 is 6.18 Å². The van der Waals surface area contributed by atoms with E-state index in [0.29, 0.717) is 11.3 Å². The average Bonchev–Trinajstić information content (AvgIpc) is 1.92. The molecule has 13 heavy (non-hydrogen) atoms. The number of alkyl halides is 3. The van der Waals surface area contributed by atoms with E-state index in [1.807, 2.05) is 0 Å². The molecule has 3 nitrogen and oxygen atoms in total. The molecule has 0 atom stereocenters. The number of halogens is 3. The van der Waals surface area contributed by atoms with Gasteiger partial charge in [0, 0.05) is 11.9 Å². The van der Waals surface area contributed by atoms with Crippen LogP contribution in [0, 0.1) is 13.8 Å². The molecular weight excluding hydrogens is 183 g/mol. The maximum absolute atomic E-state index is 12.0. The van der Waals surface area contributed by atoms with Crippen molar-refractivity contribution in [2.24, 2.45) is 0 Å². The molecule has 1 aromatic rings. The zero-order valence-electron chi connectivity index (χ0n) is 7.31. The second kappa shape index (κ2) is 3.69. The molecule has 0 fully saturated rings. The first-order chi connectivity index (χ1) is 5.41. The van der Waals surface area contributed by atoms with Crippen molar-refractivity contribution in [3.05, 3.63) is 23.3 Å². The smallest absolute Gasteiger partial charge is 0.344 e. The van der Waals surface area contributed by atoms with Gasteiger partial charge in [-0.05, 0) is 19.4 Å². The second-order valence-corrected chi connectivity index (χ2v) is 2.46. The Morgan fingerprint density at radius 1 is 1.23 bits per heavy atom. The molecule has 74 valence electrons. The molecule has 0 saturated heterocycles. The summed E-state index contributed by atoms with van der Waals surface area (Å²) in [5, 5.41) is 0. The average molecular weight is 193 g/mol. The van der Waals surface area contributed by atoms with Gasteiger partial charge in [0.15, 0.2) is 0 Å². The highest BCUT2D eigenvalue weighted by Gasteiger charge is 2.34. The zero-order valence-corrected chi connectivity index (χ0v) is 7.31. The SMILES string of the molecule is Cc1cnc(C(F)(F)F)nc1C.N. The molecule has 0 aromatic carbocycles. The molecule has 0 spiro atoms. The summed E-state index contributed by atoms with van der Waals surface area (Å²) in [7, 11) is 0. The molecule has 1 rings (SSSR count). The third-order valence-corrected chi connectivity index (χ3v) is 1.48. The van der Waals surface area contributed by atoms with Crippen LogP contribution in [0.5, 0.6) is 0 Å². The topological polar surface area (TPSA) is 60.8 Å². The number of rotatable bonds is 0. The Kier molecular flexibility index (Phi) is 3.36. The molecular formula is C7H10F3N3. The molecule has 1 aromatic heterocycles. The van der Waals surface area contributed by atoms with E-state index in [4.69, 9.17) is 0 Å². The fourth-order valence-electron chi connectivity index (χ4n) is 0.664. The third kappa shape index (κ3) is 2.66. The molecule has 0 unspecified atom stereocenters. The van der Waals surface area contributed by atoms with E-state index < -0.39 is 12.0 Å². The van der Waals surface area contributed by atoms with E-state index in [1.54, 1.807) is 6.92 Å². The minimum atomic E-state index is -4.45. The summed E-state index contributed by atoms with van der Waals surface area (Å²) in [6.45, 7) is 3.18. The van der Waals surface area contributed by atoms with Crippen molar-refractivity contribution in [2.75, 3.05) is 0 Å². The van der Waals surface area contributed by atoms with Gasteiger partial charge in [-0.15, -0.1) is 0 Å². The van der Waals surface area contributed by atoms with Crippen molar-refractivity contribution in [2.45, 2.75) is 20.0 Å². The van der Waals surface area contributed by atoms with Gasteiger partial charge in [-0.1, -0.05) is 0 Å². The Balaban J connectivity index is 0.00000144. The maximum atomic E-state index is 12.0. The van der Waals surface area contributed by atoms with Crippen LogP contribution in [0.25, 0.3) is 0 Å². The summed E-state index contributed by atoms with van der Waals surface area (Å²) < 4.78 is 35.9. The van der Waals surface area contributed by atoms with Crippen molar-refractivity contribution < 1.29 is 13.2 Å². The van der Waals surface area contributed by atoms with Crippen LogP contribution in [0.4, 0.5) is 13.2 Å². The normalized spacial score (nSPS) is 10.8. The van der Waals surface area contributed by atoms with E-state index in [2.05, 4.69) is 9.97 Å². The molecule has 6 heteroatoms. The lowest BCUT2D eigenvalue weighted by Crippen LogP contribution is -2.11. The molecule has 0 aliphatic rings. The number of hydrogen-bond donors (Lipinski definition) is 1. The maximum Gasteiger partial charge on any atom is 0.451 e. The predicted molar refractivity (Wildman–Crippen MR) is 41.5 cm³/mol. The van der Waals surface area contributed by atoms with E-state index in [1.165, 1.54) is 13.1 Å². The predicted octanol–water partition coefficient (Wildman–Crippen LogP) is 2.27. The Labute approximate surface area is 73.6 Å². The highest BCUT2D eigenvalue weighted by molar-refractivity contribution is 5.14. The van der Waals surface area contributed by atoms with Crippen LogP contribution in [0.1, 0.15) is 17.1 Å². The molecule has 0 amide bonds. The highest BCUT2D eigenvalue weighted by Crippen LogP contribution is 2.25. The van der Waals surface area contributed by atoms with Crippen molar-refractivity contribution in [1.29, 1.82) is 0 Å². The molecule has 1 heterocycles. The lowest BCUT2D eigenvalue weighted by molar-refractivity contribution is -0.145. The lowest BCUT2D eigenvalue weighted by Gasteiger charge is -2.05. The molecule has 0 aliphatic heterocycles. The van der Waals surface area contributed by atoms with Crippen LogP contribution in [0.15, 0.2) is 6.20 Å². The van der Waals surface area contributed by atoms with Gasteiger partial charge in [-0.25, -0.2) is 9.97 Å². The van der Waals surface area contributed by atoms with Crippen LogP contribution in [-0.4, -0.2) is 9.97 Å². The van der Waals surface area contributed by atoms with Gasteiger partial charge < -0.3 is 6.15 Å². The minimum Gasteiger partial charge on any atom is -0.344 e. The number of hydrogen-bond acceptors (Lipinski definition) is 3. The monoisotopic (exact) mass is 193 g/mol. The summed E-state index contributed by atoms with van der Waals surface area (Å²) in [5.41, 5.74) is 1.01. The van der Waals surface area contributed by atoms with Gasteiger partial charge in [0.05, 0.1) is 0 Å². The van der Waals surface area contributed by atoms with Crippen LogP contribution in [0.2, 0.25) is 0 Å². The van der Waals surface area contributed by atoms with E-state index in [0.717, 1.165) is 0 Å². The van der Waals surface area contributed by atoms with Crippen molar-refractivity contribution in [3.8, 4) is 0 Å². The van der Waals surface area contributed by atoms with Crippen molar-refractivity contribution in [1.82, 2.24) is 16.1 Å². The Morgan fingerprint density at radius 2 is 1.77 bits per heavy atom. The Morgan fingerprint density at radius 3 is 2.15 bits per heavy atom. The molecule has 3 N–H and O–H groups in total. The first-order valence-electron chi connectivity index (χ1n) is 3.28. The van der Waals surface area contributed by atoms with Crippen LogP contribution >= 0.6 is 0 Å². The quantitative estimate of drug-likeness (QED) is 0.687. The summed E-state index contributed by atoms with van der Waals surface area (Å²) >= 11 is 0. The van der Waals surface area contributed by atoms with E-state index in [-0.39, 0.29) is 6.15 Å². The van der Waals surface area contributed by atoms with Gasteiger partial charge in [0.25, 0.3) is 0 Å². The van der Waals surface area contributed by atoms with Gasteiger partial charge in [-0.3, -0.25) is 0 Å². The summed E-state index contributed by atoms with van der Waals surface area (Å²) in [6, 6.07) is 0. The van der Waals surface area contributed by atoms with Gasteiger partial charge in [-0.2, -0.15) is 13.2 Å². The standard InChI is InChI=1S/C7H7F3N2.H3N/c1-4-3-11-6(7(8,9)10)12-5(4)2;/h3H,1-2H3;1H3. The van der Waals surface area contributed by atoms with Crippen LogP contribution in [-0.2, 0) is 6.18 Å². The lowest BCUT2D eigenvalue weighted by atomic mass is 10.3. The first kappa shape index (κ1) is 11.8. The van der Waals surface area contributed by atoms with E-state index in [9.17, 15) is 13.2 Å². The molecule has 0 radical (unpaired) electrons. The fraction of sp³-hybridized carbons (Fsp3) is 0.429. The zero-order chi connectivity index (χ0) is 9.35. The number of aryl methyl sites for hydroxylation is 2. The minimum absolute atomic E-state index is 0. The highest BCUT2D eigenvalue weighted by atomic mass is 19.4. The van der Waals surface area contributed by atoms with Crippen LogP contribution < -0.4 is 6.15 Å².